The van der Waals surface area contributed by atoms with Crippen molar-refractivity contribution in [2.45, 2.75) is 32.1 Å². The smallest absolute Gasteiger partial charge is 0.231 e. The third kappa shape index (κ3) is 3.26. The number of rotatable bonds is 6. The molecule has 1 aliphatic rings. The van der Waals surface area contributed by atoms with E-state index in [4.69, 9.17) is 4.52 Å². The Balaban J connectivity index is 1.85. The van der Waals surface area contributed by atoms with Crippen molar-refractivity contribution in [3.8, 4) is 0 Å². The summed E-state index contributed by atoms with van der Waals surface area (Å²) in [7, 11) is 1.96. The number of likely N-dealkylation sites (tertiary alicyclic amines) is 1. The molecule has 0 bridgehead atoms. The predicted octanol–water partition coefficient (Wildman–Crippen LogP) is 1.03. The molecule has 0 amide bonds. The maximum atomic E-state index is 5.36. The molecule has 1 N–H and O–H groups in total. The molecule has 0 radical (unpaired) electrons. The summed E-state index contributed by atoms with van der Waals surface area (Å²) in [5, 5.41) is 7.17. The summed E-state index contributed by atoms with van der Waals surface area (Å²) >= 11 is 0. The molecule has 0 aromatic carbocycles. The zero-order valence-electron chi connectivity index (χ0n) is 10.8. The average molecular weight is 238 g/mol. The van der Waals surface area contributed by atoms with E-state index in [0.29, 0.717) is 5.92 Å². The Morgan fingerprint density at radius 1 is 1.53 bits per heavy atom. The van der Waals surface area contributed by atoms with E-state index in [1.54, 1.807) is 0 Å². The second-order valence-electron chi connectivity index (χ2n) is 4.63. The molecule has 96 valence electrons. The van der Waals surface area contributed by atoms with Crippen LogP contribution in [0.25, 0.3) is 0 Å². The van der Waals surface area contributed by atoms with Crippen molar-refractivity contribution in [1.82, 2.24) is 20.4 Å². The number of hydrogen-bond acceptors (Lipinski definition) is 5. The Kier molecular flexibility index (Phi) is 4.50. The summed E-state index contributed by atoms with van der Waals surface area (Å²) in [6.45, 7) is 6.52. The molecule has 5 nitrogen and oxygen atoms in total. The van der Waals surface area contributed by atoms with Crippen LogP contribution in [-0.4, -0.2) is 48.3 Å². The summed E-state index contributed by atoms with van der Waals surface area (Å²) < 4.78 is 5.36. The Hall–Kier alpha value is -0.940. The fraction of sp³-hybridized carbons (Fsp3) is 0.833. The van der Waals surface area contributed by atoms with E-state index in [1.165, 1.54) is 0 Å². The minimum absolute atomic E-state index is 0.445. The molecule has 1 unspecified atom stereocenters. The van der Waals surface area contributed by atoms with Gasteiger partial charge in [-0.15, -0.1) is 0 Å². The lowest BCUT2D eigenvalue weighted by molar-refractivity contribution is 0.324. The van der Waals surface area contributed by atoms with Crippen molar-refractivity contribution >= 4 is 0 Å². The Labute approximate surface area is 103 Å². The van der Waals surface area contributed by atoms with Crippen LogP contribution in [0.4, 0.5) is 0 Å². The van der Waals surface area contributed by atoms with Gasteiger partial charge in [-0.3, -0.25) is 0 Å². The van der Waals surface area contributed by atoms with Crippen LogP contribution < -0.4 is 5.32 Å². The second-order valence-corrected chi connectivity index (χ2v) is 4.63. The molecule has 0 saturated carbocycles. The van der Waals surface area contributed by atoms with Gasteiger partial charge in [0.2, 0.25) is 5.89 Å². The first-order chi connectivity index (χ1) is 8.33. The van der Waals surface area contributed by atoms with Crippen molar-refractivity contribution < 1.29 is 4.52 Å². The molecule has 1 atom stereocenters. The lowest BCUT2D eigenvalue weighted by Crippen LogP contribution is -2.19. The highest BCUT2D eigenvalue weighted by atomic mass is 16.5. The molecule has 1 fully saturated rings. The first-order valence-electron chi connectivity index (χ1n) is 6.53. The molecule has 1 aromatic heterocycles. The van der Waals surface area contributed by atoms with E-state index in [2.05, 4.69) is 27.3 Å². The van der Waals surface area contributed by atoms with Gasteiger partial charge in [0.05, 0.1) is 5.92 Å². The Morgan fingerprint density at radius 3 is 3.12 bits per heavy atom. The molecule has 0 aliphatic carbocycles. The summed E-state index contributed by atoms with van der Waals surface area (Å²) in [5.41, 5.74) is 0. The summed E-state index contributed by atoms with van der Waals surface area (Å²) in [6.07, 6.45) is 3.10. The molecule has 1 aliphatic heterocycles. The minimum atomic E-state index is 0.445. The van der Waals surface area contributed by atoms with Crippen molar-refractivity contribution in [3.05, 3.63) is 11.7 Å². The highest BCUT2D eigenvalue weighted by Crippen LogP contribution is 2.25. The number of aromatic nitrogens is 2. The molecule has 1 saturated heterocycles. The fourth-order valence-corrected chi connectivity index (χ4v) is 2.28. The number of likely N-dealkylation sites (N-methyl/N-ethyl adjacent to an activating group) is 1. The predicted molar refractivity (Wildman–Crippen MR) is 66.0 cm³/mol. The van der Waals surface area contributed by atoms with Gasteiger partial charge in [-0.1, -0.05) is 12.1 Å². The minimum Gasteiger partial charge on any atom is -0.339 e. The standard InChI is InChI=1S/C12H22N4O/c1-3-16-8-6-10(9-16)12-14-11(15-17-12)5-4-7-13-2/h10,13H,3-9H2,1-2H3. The quantitative estimate of drug-likeness (QED) is 0.750. The number of hydrogen-bond donors (Lipinski definition) is 1. The number of nitrogens with one attached hydrogen (secondary N) is 1. The van der Waals surface area contributed by atoms with Gasteiger partial charge in [-0.25, -0.2) is 0 Å². The third-order valence-corrected chi connectivity index (χ3v) is 3.38. The van der Waals surface area contributed by atoms with E-state index >= 15 is 0 Å². The number of aryl methyl sites for hydroxylation is 1. The van der Waals surface area contributed by atoms with Crippen LogP contribution >= 0.6 is 0 Å². The van der Waals surface area contributed by atoms with Crippen LogP contribution in [0.1, 0.15) is 37.4 Å². The van der Waals surface area contributed by atoms with E-state index in [1.807, 2.05) is 7.05 Å². The normalized spacial score (nSPS) is 21.2. The highest BCUT2D eigenvalue weighted by molar-refractivity contribution is 4.98. The van der Waals surface area contributed by atoms with Gasteiger partial charge in [0, 0.05) is 13.0 Å². The maximum absolute atomic E-state index is 5.36. The molecule has 2 rings (SSSR count). The molecule has 0 spiro atoms. The molecular formula is C12H22N4O. The second kappa shape index (κ2) is 6.12. The van der Waals surface area contributed by atoms with Gasteiger partial charge in [0.15, 0.2) is 5.82 Å². The van der Waals surface area contributed by atoms with Gasteiger partial charge >= 0.3 is 0 Å². The SMILES string of the molecule is CCN1CCC(c2nc(CCCNC)no2)C1. The maximum Gasteiger partial charge on any atom is 0.231 e. The molecule has 17 heavy (non-hydrogen) atoms. The third-order valence-electron chi connectivity index (χ3n) is 3.38. The van der Waals surface area contributed by atoms with Crippen molar-refractivity contribution in [2.24, 2.45) is 0 Å². The first kappa shape index (κ1) is 12.5. The van der Waals surface area contributed by atoms with Gasteiger partial charge in [0.25, 0.3) is 0 Å². The largest absolute Gasteiger partial charge is 0.339 e. The summed E-state index contributed by atoms with van der Waals surface area (Å²) in [6, 6.07) is 0. The van der Waals surface area contributed by atoms with Gasteiger partial charge in [-0.2, -0.15) is 4.98 Å². The zero-order valence-corrected chi connectivity index (χ0v) is 10.8. The van der Waals surface area contributed by atoms with Crippen LogP contribution in [0.15, 0.2) is 4.52 Å². The average Bonchev–Trinajstić information content (AvgIpc) is 2.97. The first-order valence-corrected chi connectivity index (χ1v) is 6.53. The lowest BCUT2D eigenvalue weighted by atomic mass is 10.1. The van der Waals surface area contributed by atoms with Crippen molar-refractivity contribution in [2.75, 3.05) is 33.2 Å². The highest BCUT2D eigenvalue weighted by Gasteiger charge is 2.27. The van der Waals surface area contributed by atoms with E-state index in [-0.39, 0.29) is 0 Å². The summed E-state index contributed by atoms with van der Waals surface area (Å²) in [4.78, 5) is 6.93. The van der Waals surface area contributed by atoms with Crippen molar-refractivity contribution in [1.29, 1.82) is 0 Å². The van der Waals surface area contributed by atoms with Crippen LogP contribution in [0, 0.1) is 0 Å². The lowest BCUT2D eigenvalue weighted by Gasteiger charge is -2.10. The Morgan fingerprint density at radius 2 is 2.41 bits per heavy atom. The molecule has 1 aromatic rings. The van der Waals surface area contributed by atoms with Gasteiger partial charge < -0.3 is 14.7 Å². The summed E-state index contributed by atoms with van der Waals surface area (Å²) in [5.74, 6) is 2.13. The van der Waals surface area contributed by atoms with Crippen LogP contribution in [0.2, 0.25) is 0 Å². The van der Waals surface area contributed by atoms with Crippen LogP contribution in [0.5, 0.6) is 0 Å². The number of nitrogens with zero attached hydrogens (tertiary/aromatic N) is 3. The van der Waals surface area contributed by atoms with Gasteiger partial charge in [-0.05, 0) is 39.5 Å². The van der Waals surface area contributed by atoms with Crippen LogP contribution in [0.3, 0.4) is 0 Å². The van der Waals surface area contributed by atoms with Crippen molar-refractivity contribution in [3.63, 3.8) is 0 Å². The molecule has 5 heteroatoms. The van der Waals surface area contributed by atoms with E-state index in [9.17, 15) is 0 Å². The van der Waals surface area contributed by atoms with E-state index < -0.39 is 0 Å². The Bertz CT molecular complexity index is 339. The molecular weight excluding hydrogens is 216 g/mol. The monoisotopic (exact) mass is 238 g/mol. The molecule has 2 heterocycles. The van der Waals surface area contributed by atoms with Crippen LogP contribution in [-0.2, 0) is 6.42 Å². The van der Waals surface area contributed by atoms with E-state index in [0.717, 1.165) is 57.2 Å². The fourth-order valence-electron chi connectivity index (χ4n) is 2.28. The van der Waals surface area contributed by atoms with Gasteiger partial charge in [0.1, 0.15) is 0 Å². The topological polar surface area (TPSA) is 54.2 Å². The zero-order chi connectivity index (χ0) is 12.1.